The Hall–Kier alpha value is -2.43. The Morgan fingerprint density at radius 2 is 1.54 bits per heavy atom. The van der Waals surface area contributed by atoms with Crippen molar-refractivity contribution in [3.63, 3.8) is 0 Å². The van der Waals surface area contributed by atoms with Gasteiger partial charge in [0.2, 0.25) is 20.0 Å². The highest BCUT2D eigenvalue weighted by molar-refractivity contribution is 7.92. The van der Waals surface area contributed by atoms with E-state index in [2.05, 4.69) is 10.0 Å². The first kappa shape index (κ1) is 21.9. The fourth-order valence-electron chi connectivity index (χ4n) is 2.47. The van der Waals surface area contributed by atoms with Crippen LogP contribution in [0.4, 0.5) is 5.69 Å². The number of benzene rings is 2. The molecule has 1 atom stereocenters. The van der Waals surface area contributed by atoms with Gasteiger partial charge in [-0.2, -0.15) is 0 Å². The lowest BCUT2D eigenvalue weighted by Crippen LogP contribution is -2.28. The molecule has 1 amide bonds. The van der Waals surface area contributed by atoms with Crippen molar-refractivity contribution in [3.8, 4) is 0 Å². The van der Waals surface area contributed by atoms with Crippen LogP contribution in [0.5, 0.6) is 0 Å². The summed E-state index contributed by atoms with van der Waals surface area (Å²) >= 11 is 0. The number of nitrogens with zero attached hydrogens (tertiary/aromatic N) is 1. The molecule has 8 nitrogen and oxygen atoms in total. The fraction of sp³-hybridized carbons (Fsp3) is 0.278. The molecule has 0 radical (unpaired) electrons. The third-order valence-electron chi connectivity index (χ3n) is 3.97. The number of para-hydroxylation sites is 1. The lowest BCUT2D eigenvalue weighted by atomic mass is 10.1. The van der Waals surface area contributed by atoms with E-state index < -0.39 is 32.0 Å². The molecule has 0 aliphatic carbocycles. The van der Waals surface area contributed by atoms with Crippen LogP contribution in [0.2, 0.25) is 0 Å². The van der Waals surface area contributed by atoms with Gasteiger partial charge in [0.25, 0.3) is 5.91 Å². The van der Waals surface area contributed by atoms with Crippen LogP contribution in [0, 0.1) is 0 Å². The highest BCUT2D eigenvalue weighted by atomic mass is 32.2. The molecule has 0 heterocycles. The Kier molecular flexibility index (Phi) is 6.48. The van der Waals surface area contributed by atoms with Gasteiger partial charge < -0.3 is 5.32 Å². The molecule has 1 unspecified atom stereocenters. The van der Waals surface area contributed by atoms with Crippen LogP contribution in [0.3, 0.4) is 0 Å². The number of carbonyl (C=O) groups excluding carboxylic acids is 1. The molecule has 2 N–H and O–H groups in total. The molecule has 0 bridgehead atoms. The first-order chi connectivity index (χ1) is 12.9. The smallest absolute Gasteiger partial charge is 0.253 e. The predicted octanol–water partition coefficient (Wildman–Crippen LogP) is 1.80. The minimum Gasteiger partial charge on any atom is -0.345 e. The van der Waals surface area contributed by atoms with E-state index in [4.69, 9.17) is 0 Å². The first-order valence-electron chi connectivity index (χ1n) is 8.32. The molecule has 0 aliphatic rings. The number of amides is 1. The molecule has 152 valence electrons. The van der Waals surface area contributed by atoms with Gasteiger partial charge in [-0.1, -0.05) is 24.3 Å². The molecule has 2 aromatic carbocycles. The van der Waals surface area contributed by atoms with Crippen LogP contribution in [0.25, 0.3) is 0 Å². The lowest BCUT2D eigenvalue weighted by Gasteiger charge is -2.17. The maximum Gasteiger partial charge on any atom is 0.253 e. The number of hydrogen-bond donors (Lipinski definition) is 2. The summed E-state index contributed by atoms with van der Waals surface area (Å²) in [5.74, 6) is -0.454. The average Bonchev–Trinajstić information content (AvgIpc) is 2.60. The zero-order chi connectivity index (χ0) is 21.1. The van der Waals surface area contributed by atoms with E-state index >= 15 is 0 Å². The van der Waals surface area contributed by atoms with Crippen molar-refractivity contribution in [2.45, 2.75) is 17.9 Å². The molecule has 0 fully saturated rings. The number of rotatable bonds is 7. The van der Waals surface area contributed by atoms with Crippen molar-refractivity contribution in [2.24, 2.45) is 0 Å². The second-order valence-electron chi connectivity index (χ2n) is 6.47. The van der Waals surface area contributed by atoms with E-state index in [1.54, 1.807) is 31.2 Å². The third kappa shape index (κ3) is 5.31. The van der Waals surface area contributed by atoms with Gasteiger partial charge >= 0.3 is 0 Å². The minimum atomic E-state index is -3.53. The van der Waals surface area contributed by atoms with E-state index in [1.807, 2.05) is 0 Å². The third-order valence-corrected chi connectivity index (χ3v) is 6.39. The van der Waals surface area contributed by atoms with E-state index in [0.29, 0.717) is 5.56 Å². The predicted molar refractivity (Wildman–Crippen MR) is 108 cm³/mol. The van der Waals surface area contributed by atoms with Crippen LogP contribution in [0.1, 0.15) is 28.9 Å². The summed E-state index contributed by atoms with van der Waals surface area (Å²) in [6, 6.07) is 12.1. The number of hydrogen-bond acceptors (Lipinski definition) is 5. The summed E-state index contributed by atoms with van der Waals surface area (Å²) in [5, 5.41) is 2.79. The van der Waals surface area contributed by atoms with Gasteiger partial charge in [0.05, 0.1) is 28.4 Å². The zero-order valence-electron chi connectivity index (χ0n) is 16.0. The van der Waals surface area contributed by atoms with E-state index in [0.717, 1.165) is 10.6 Å². The van der Waals surface area contributed by atoms with Crippen molar-refractivity contribution in [1.82, 2.24) is 9.62 Å². The molecule has 10 heteroatoms. The highest BCUT2D eigenvalue weighted by Gasteiger charge is 2.19. The molecule has 0 spiro atoms. The maximum absolute atomic E-state index is 12.6. The summed E-state index contributed by atoms with van der Waals surface area (Å²) in [7, 11) is -4.15. The van der Waals surface area contributed by atoms with E-state index in [1.165, 1.54) is 38.4 Å². The molecular weight excluding hydrogens is 402 g/mol. The summed E-state index contributed by atoms with van der Waals surface area (Å²) in [4.78, 5) is 12.8. The van der Waals surface area contributed by atoms with Crippen LogP contribution in [0.15, 0.2) is 53.4 Å². The SMILES string of the molecule is CC(NC(=O)c1ccccc1NS(C)(=O)=O)c1ccc(S(=O)(=O)N(C)C)cc1. The van der Waals surface area contributed by atoms with E-state index in [-0.39, 0.29) is 16.1 Å². The lowest BCUT2D eigenvalue weighted by molar-refractivity contribution is 0.0940. The summed E-state index contributed by atoms with van der Waals surface area (Å²) in [6.45, 7) is 1.75. The van der Waals surface area contributed by atoms with Crippen molar-refractivity contribution in [3.05, 3.63) is 59.7 Å². The van der Waals surface area contributed by atoms with E-state index in [9.17, 15) is 21.6 Å². The van der Waals surface area contributed by atoms with Crippen molar-refractivity contribution in [1.29, 1.82) is 0 Å². The fourth-order valence-corrected chi connectivity index (χ4v) is 3.95. The Balaban J connectivity index is 2.20. The van der Waals surface area contributed by atoms with Gasteiger partial charge in [-0.3, -0.25) is 9.52 Å². The number of sulfonamides is 2. The minimum absolute atomic E-state index is 0.155. The summed E-state index contributed by atoms with van der Waals surface area (Å²) in [5.41, 5.74) is 1.08. The molecule has 0 aliphatic heterocycles. The topological polar surface area (TPSA) is 113 Å². The zero-order valence-corrected chi connectivity index (χ0v) is 17.6. The van der Waals surface area contributed by atoms with Crippen LogP contribution >= 0.6 is 0 Å². The van der Waals surface area contributed by atoms with Gasteiger partial charge in [-0.15, -0.1) is 0 Å². The van der Waals surface area contributed by atoms with Gasteiger partial charge in [0.1, 0.15) is 0 Å². The Morgan fingerprint density at radius 1 is 0.964 bits per heavy atom. The van der Waals surface area contributed by atoms with Crippen molar-refractivity contribution < 1.29 is 21.6 Å². The highest BCUT2D eigenvalue weighted by Crippen LogP contribution is 2.20. The van der Waals surface area contributed by atoms with Crippen LogP contribution in [-0.4, -0.2) is 47.4 Å². The first-order valence-corrected chi connectivity index (χ1v) is 11.6. The standard InChI is InChI=1S/C18H23N3O5S2/c1-13(14-9-11-15(12-10-14)28(25,26)21(2)3)19-18(22)16-7-5-6-8-17(16)20-27(4,23)24/h5-13,20H,1-4H3,(H,19,22). The molecule has 0 saturated heterocycles. The second-order valence-corrected chi connectivity index (χ2v) is 10.4. The monoisotopic (exact) mass is 425 g/mol. The van der Waals surface area contributed by atoms with Crippen LogP contribution in [-0.2, 0) is 20.0 Å². The molecule has 2 rings (SSSR count). The molecule has 0 aromatic heterocycles. The van der Waals surface area contributed by atoms with Gasteiger partial charge in [0.15, 0.2) is 0 Å². The maximum atomic E-state index is 12.6. The molecule has 28 heavy (non-hydrogen) atoms. The van der Waals surface area contributed by atoms with Crippen molar-refractivity contribution >= 4 is 31.6 Å². The van der Waals surface area contributed by atoms with Crippen molar-refractivity contribution in [2.75, 3.05) is 25.1 Å². The summed E-state index contributed by atoms with van der Waals surface area (Å²) in [6.07, 6.45) is 1.01. The number of nitrogens with one attached hydrogen (secondary N) is 2. The summed E-state index contributed by atoms with van der Waals surface area (Å²) < 4.78 is 50.7. The normalized spacial score (nSPS) is 13.2. The quantitative estimate of drug-likeness (QED) is 0.702. The largest absolute Gasteiger partial charge is 0.345 e. The van der Waals surface area contributed by atoms with Crippen LogP contribution < -0.4 is 10.0 Å². The average molecular weight is 426 g/mol. The molecule has 2 aromatic rings. The van der Waals surface area contributed by atoms with Gasteiger partial charge in [-0.25, -0.2) is 21.1 Å². The Bertz CT molecular complexity index is 1060. The number of carbonyl (C=O) groups is 1. The number of anilines is 1. The van der Waals surface area contributed by atoms with Gasteiger partial charge in [0, 0.05) is 14.1 Å². The second kappa shape index (κ2) is 8.29. The Morgan fingerprint density at radius 3 is 2.07 bits per heavy atom. The molecular formula is C18H23N3O5S2. The van der Waals surface area contributed by atoms with Gasteiger partial charge in [-0.05, 0) is 36.8 Å². The molecule has 0 saturated carbocycles. The Labute approximate surface area is 165 Å².